The lowest BCUT2D eigenvalue weighted by atomic mass is 10.1. The first-order valence-corrected chi connectivity index (χ1v) is 5.09. The Labute approximate surface area is 109 Å². The molecule has 0 heterocycles. The maximum atomic E-state index is 11.2. The van der Waals surface area contributed by atoms with E-state index < -0.39 is 5.57 Å². The number of carbonyl (C=O) groups is 1. The van der Waals surface area contributed by atoms with Crippen LogP contribution in [-0.2, 0) is 0 Å². The first-order valence-electron chi connectivity index (χ1n) is 5.09. The molecule has 19 heavy (non-hydrogen) atoms. The Bertz CT molecular complexity index is 668. The van der Waals surface area contributed by atoms with E-state index in [0.29, 0.717) is 5.56 Å². The van der Waals surface area contributed by atoms with Gasteiger partial charge in [0.2, 0.25) is 0 Å². The first kappa shape index (κ1) is 13.8. The molecule has 0 aliphatic carbocycles. The Hall–Kier alpha value is -3.30. The van der Waals surface area contributed by atoms with E-state index >= 15 is 0 Å². The number of allylic oxidation sites excluding steroid dienone is 2. The molecule has 1 rings (SSSR count). The van der Waals surface area contributed by atoms with Crippen molar-refractivity contribution in [2.24, 2.45) is 0 Å². The Morgan fingerprint density at radius 3 is 2.32 bits per heavy atom. The minimum Gasteiger partial charge on any atom is -0.506 e. The van der Waals surface area contributed by atoms with Gasteiger partial charge in [0.1, 0.15) is 29.7 Å². The SMILES string of the molecule is CC(=O)c1ccc(O)c(NC(C#N)=C(C#N)C#N)c1. The molecule has 0 saturated heterocycles. The summed E-state index contributed by atoms with van der Waals surface area (Å²) in [4.78, 5) is 11.2. The van der Waals surface area contributed by atoms with Gasteiger partial charge in [-0.3, -0.25) is 4.79 Å². The molecule has 6 nitrogen and oxygen atoms in total. The number of carbonyl (C=O) groups excluding carboxylic acids is 1. The number of anilines is 1. The summed E-state index contributed by atoms with van der Waals surface area (Å²) in [5, 5.41) is 38.3. The normalized spacial score (nSPS) is 8.53. The van der Waals surface area contributed by atoms with Crippen LogP contribution in [0, 0.1) is 34.0 Å². The standard InChI is InChI=1S/C13H8N4O2/c1-8(18)9-2-3-13(19)11(4-9)17-12(7-16)10(5-14)6-15/h2-4,17,19H,1H3. The van der Waals surface area contributed by atoms with Crippen LogP contribution >= 0.6 is 0 Å². The van der Waals surface area contributed by atoms with Crippen LogP contribution in [0.2, 0.25) is 0 Å². The number of benzene rings is 1. The van der Waals surface area contributed by atoms with Crippen LogP contribution in [0.5, 0.6) is 5.75 Å². The van der Waals surface area contributed by atoms with Gasteiger partial charge in [-0.05, 0) is 25.1 Å². The molecule has 0 bridgehead atoms. The summed E-state index contributed by atoms with van der Waals surface area (Å²) in [6, 6.07) is 8.83. The molecular formula is C13H8N4O2. The minimum atomic E-state index is -0.407. The van der Waals surface area contributed by atoms with E-state index in [2.05, 4.69) is 5.32 Å². The highest BCUT2D eigenvalue weighted by atomic mass is 16.3. The van der Waals surface area contributed by atoms with Crippen LogP contribution < -0.4 is 5.32 Å². The number of Topliss-reactive ketones (excluding diaryl/α,β-unsaturated/α-hetero) is 1. The van der Waals surface area contributed by atoms with Crippen LogP contribution in [0.25, 0.3) is 0 Å². The van der Waals surface area contributed by atoms with E-state index in [1.807, 2.05) is 0 Å². The number of phenols is 1. The van der Waals surface area contributed by atoms with Crippen molar-refractivity contribution in [2.45, 2.75) is 6.92 Å². The van der Waals surface area contributed by atoms with Crippen molar-refractivity contribution >= 4 is 11.5 Å². The number of nitriles is 3. The van der Waals surface area contributed by atoms with Crippen molar-refractivity contribution in [1.82, 2.24) is 0 Å². The predicted octanol–water partition coefficient (Wildman–Crippen LogP) is 1.83. The van der Waals surface area contributed by atoms with E-state index in [-0.39, 0.29) is 22.9 Å². The van der Waals surface area contributed by atoms with Crippen molar-refractivity contribution in [2.75, 3.05) is 5.32 Å². The molecule has 0 atom stereocenters. The summed E-state index contributed by atoms with van der Waals surface area (Å²) >= 11 is 0. The highest BCUT2D eigenvalue weighted by molar-refractivity contribution is 5.95. The van der Waals surface area contributed by atoms with Crippen LogP contribution in [-0.4, -0.2) is 10.9 Å². The molecule has 0 radical (unpaired) electrons. The van der Waals surface area contributed by atoms with Crippen LogP contribution in [0.1, 0.15) is 17.3 Å². The Balaban J connectivity index is 3.27. The highest BCUT2D eigenvalue weighted by Gasteiger charge is 2.10. The van der Waals surface area contributed by atoms with Gasteiger partial charge in [0.25, 0.3) is 0 Å². The van der Waals surface area contributed by atoms with Gasteiger partial charge in [-0.2, -0.15) is 15.8 Å². The van der Waals surface area contributed by atoms with E-state index in [4.69, 9.17) is 15.8 Å². The molecule has 2 N–H and O–H groups in total. The van der Waals surface area contributed by atoms with Gasteiger partial charge in [0.05, 0.1) is 5.69 Å². The molecule has 0 amide bonds. The zero-order chi connectivity index (χ0) is 14.4. The number of nitrogens with one attached hydrogen (secondary N) is 1. The molecule has 0 aliphatic rings. The van der Waals surface area contributed by atoms with Crippen molar-refractivity contribution in [1.29, 1.82) is 15.8 Å². The van der Waals surface area contributed by atoms with E-state index in [1.54, 1.807) is 18.2 Å². The smallest absolute Gasteiger partial charge is 0.163 e. The number of phenolic OH excluding ortho intramolecular Hbond substituents is 1. The highest BCUT2D eigenvalue weighted by Crippen LogP contribution is 2.26. The fourth-order valence-corrected chi connectivity index (χ4v) is 1.27. The number of aromatic hydroxyl groups is 1. The molecule has 1 aromatic rings. The van der Waals surface area contributed by atoms with E-state index in [9.17, 15) is 9.90 Å². The second-order valence-corrected chi connectivity index (χ2v) is 3.50. The van der Waals surface area contributed by atoms with Gasteiger partial charge in [-0.15, -0.1) is 0 Å². The zero-order valence-electron chi connectivity index (χ0n) is 9.93. The first-order chi connectivity index (χ1) is 9.03. The van der Waals surface area contributed by atoms with Gasteiger partial charge < -0.3 is 10.4 Å². The zero-order valence-corrected chi connectivity index (χ0v) is 9.93. The van der Waals surface area contributed by atoms with Gasteiger partial charge in [0, 0.05) is 5.56 Å². The summed E-state index contributed by atoms with van der Waals surface area (Å²) in [6.07, 6.45) is 0. The third-order valence-corrected chi connectivity index (χ3v) is 2.25. The lowest BCUT2D eigenvalue weighted by Crippen LogP contribution is -2.02. The fraction of sp³-hybridized carbons (Fsp3) is 0.0769. The predicted molar refractivity (Wildman–Crippen MR) is 65.6 cm³/mol. The average Bonchev–Trinajstić information content (AvgIpc) is 2.40. The van der Waals surface area contributed by atoms with Crippen LogP contribution in [0.4, 0.5) is 5.69 Å². The molecule has 0 spiro atoms. The second kappa shape index (κ2) is 5.86. The number of hydrogen-bond acceptors (Lipinski definition) is 6. The Kier molecular flexibility index (Phi) is 4.24. The second-order valence-electron chi connectivity index (χ2n) is 3.50. The van der Waals surface area contributed by atoms with E-state index in [1.165, 1.54) is 25.1 Å². The Morgan fingerprint density at radius 2 is 1.84 bits per heavy atom. The molecule has 1 aromatic carbocycles. The van der Waals surface area contributed by atoms with Gasteiger partial charge >= 0.3 is 0 Å². The van der Waals surface area contributed by atoms with Crippen molar-refractivity contribution < 1.29 is 9.90 Å². The summed E-state index contributed by atoms with van der Waals surface area (Å²) in [6.45, 7) is 1.35. The van der Waals surface area contributed by atoms with Crippen molar-refractivity contribution in [3.63, 3.8) is 0 Å². The summed E-state index contributed by atoms with van der Waals surface area (Å²) < 4.78 is 0. The Morgan fingerprint density at radius 1 is 1.21 bits per heavy atom. The molecule has 0 saturated carbocycles. The summed E-state index contributed by atoms with van der Waals surface area (Å²) in [5.41, 5.74) is -0.295. The number of ketones is 1. The average molecular weight is 252 g/mol. The molecule has 0 aliphatic heterocycles. The third-order valence-electron chi connectivity index (χ3n) is 2.25. The third kappa shape index (κ3) is 3.09. The lowest BCUT2D eigenvalue weighted by Gasteiger charge is -2.08. The van der Waals surface area contributed by atoms with Crippen LogP contribution in [0.3, 0.4) is 0 Å². The summed E-state index contributed by atoms with van der Waals surface area (Å²) in [7, 11) is 0. The number of hydrogen-bond donors (Lipinski definition) is 2. The number of nitrogens with zero attached hydrogens (tertiary/aromatic N) is 3. The summed E-state index contributed by atoms with van der Waals surface area (Å²) in [5.74, 6) is -0.417. The quantitative estimate of drug-likeness (QED) is 0.481. The maximum absolute atomic E-state index is 11.2. The molecular weight excluding hydrogens is 244 g/mol. The monoisotopic (exact) mass is 252 g/mol. The fourth-order valence-electron chi connectivity index (χ4n) is 1.27. The number of rotatable bonds is 3. The molecule has 92 valence electrons. The van der Waals surface area contributed by atoms with Crippen molar-refractivity contribution in [3.05, 3.63) is 35.0 Å². The molecule has 0 fully saturated rings. The minimum absolute atomic E-state index is 0.0762. The van der Waals surface area contributed by atoms with Gasteiger partial charge in [0.15, 0.2) is 11.4 Å². The van der Waals surface area contributed by atoms with Gasteiger partial charge in [-0.25, -0.2) is 0 Å². The van der Waals surface area contributed by atoms with Gasteiger partial charge in [-0.1, -0.05) is 0 Å². The molecule has 0 aromatic heterocycles. The van der Waals surface area contributed by atoms with Crippen molar-refractivity contribution in [3.8, 4) is 24.0 Å². The lowest BCUT2D eigenvalue weighted by molar-refractivity contribution is 0.101. The largest absolute Gasteiger partial charge is 0.506 e. The topological polar surface area (TPSA) is 121 Å². The van der Waals surface area contributed by atoms with E-state index in [0.717, 1.165) is 0 Å². The molecule has 0 unspecified atom stereocenters. The molecule has 6 heteroatoms. The van der Waals surface area contributed by atoms with Crippen LogP contribution in [0.15, 0.2) is 29.5 Å². The maximum Gasteiger partial charge on any atom is 0.163 e.